The van der Waals surface area contributed by atoms with E-state index in [1.165, 1.54) is 16.9 Å². The van der Waals surface area contributed by atoms with Crippen LogP contribution >= 0.6 is 11.3 Å². The zero-order chi connectivity index (χ0) is 19.5. The monoisotopic (exact) mass is 384 g/mol. The summed E-state index contributed by atoms with van der Waals surface area (Å²) in [7, 11) is 0. The second-order valence-electron chi connectivity index (χ2n) is 6.34. The zero-order valence-corrected chi connectivity index (χ0v) is 15.9. The molecule has 4 rings (SSSR count). The van der Waals surface area contributed by atoms with Crippen molar-refractivity contribution in [2.45, 2.75) is 6.92 Å². The number of amides is 2. The molecule has 0 fully saturated rings. The van der Waals surface area contributed by atoms with E-state index < -0.39 is 0 Å². The second kappa shape index (κ2) is 7.51. The third-order valence-corrected chi connectivity index (χ3v) is 5.18. The first-order chi connectivity index (χ1) is 13.6. The van der Waals surface area contributed by atoms with Crippen molar-refractivity contribution in [3.63, 3.8) is 0 Å². The van der Waals surface area contributed by atoms with Gasteiger partial charge in [-0.05, 0) is 48.4 Å². The molecule has 2 N–H and O–H groups in total. The number of nitrogens with zero attached hydrogens (tertiary/aromatic N) is 2. The summed E-state index contributed by atoms with van der Waals surface area (Å²) in [6.07, 6.45) is 0. The molecule has 28 heavy (non-hydrogen) atoms. The summed E-state index contributed by atoms with van der Waals surface area (Å²) in [6, 6.07) is 22.9. The van der Waals surface area contributed by atoms with Crippen LogP contribution < -0.4 is 10.6 Å². The summed E-state index contributed by atoms with van der Waals surface area (Å²) >= 11 is 1.33. The molecule has 0 atom stereocenters. The van der Waals surface area contributed by atoms with Gasteiger partial charge in [0.15, 0.2) is 5.13 Å². The highest BCUT2D eigenvalue weighted by Crippen LogP contribution is 2.27. The van der Waals surface area contributed by atoms with E-state index >= 15 is 0 Å². The van der Waals surface area contributed by atoms with E-state index in [0.29, 0.717) is 16.4 Å². The van der Waals surface area contributed by atoms with Crippen molar-refractivity contribution >= 4 is 38.4 Å². The zero-order valence-electron chi connectivity index (χ0n) is 15.1. The van der Waals surface area contributed by atoms with Crippen LogP contribution in [0.25, 0.3) is 21.3 Å². The Hall–Kier alpha value is -3.69. The van der Waals surface area contributed by atoms with E-state index in [0.717, 1.165) is 21.3 Å². The van der Waals surface area contributed by atoms with Gasteiger partial charge in [0.2, 0.25) is 0 Å². The van der Waals surface area contributed by atoms with Crippen LogP contribution in [0.1, 0.15) is 11.1 Å². The molecular formula is C22H16N4OS. The van der Waals surface area contributed by atoms with Crippen LogP contribution in [0.2, 0.25) is 0 Å². The molecule has 3 aromatic carbocycles. The smallest absolute Gasteiger partial charge is 0.308 e. The van der Waals surface area contributed by atoms with Gasteiger partial charge in [-0.2, -0.15) is 5.26 Å². The number of fused-ring (bicyclic) bond motifs is 1. The molecule has 5 nitrogen and oxygen atoms in total. The van der Waals surface area contributed by atoms with Gasteiger partial charge in [0.1, 0.15) is 0 Å². The molecule has 4 aromatic rings. The molecule has 0 aliphatic carbocycles. The third kappa shape index (κ3) is 3.85. The van der Waals surface area contributed by atoms with Crippen molar-refractivity contribution in [3.05, 3.63) is 77.9 Å². The Kier molecular flexibility index (Phi) is 4.75. The Balaban J connectivity index is 1.49. The van der Waals surface area contributed by atoms with E-state index in [-0.39, 0.29) is 6.03 Å². The molecule has 0 saturated carbocycles. The summed E-state index contributed by atoms with van der Waals surface area (Å²) in [5, 5.41) is 15.1. The number of nitrogens with one attached hydrogen (secondary N) is 2. The summed E-state index contributed by atoms with van der Waals surface area (Å²) < 4.78 is 0.857. The van der Waals surface area contributed by atoms with Crippen LogP contribution in [0.4, 0.5) is 15.6 Å². The van der Waals surface area contributed by atoms with Gasteiger partial charge in [-0.1, -0.05) is 53.3 Å². The molecule has 0 spiro atoms. The molecule has 0 aliphatic rings. The molecule has 0 saturated heterocycles. The fourth-order valence-corrected chi connectivity index (χ4v) is 3.73. The molecule has 0 unspecified atom stereocenters. The van der Waals surface area contributed by atoms with E-state index in [4.69, 9.17) is 5.26 Å². The Morgan fingerprint density at radius 2 is 1.82 bits per heavy atom. The number of aromatic nitrogens is 1. The topological polar surface area (TPSA) is 77.8 Å². The van der Waals surface area contributed by atoms with Crippen molar-refractivity contribution in [2.75, 3.05) is 10.6 Å². The molecule has 0 aliphatic heterocycles. The Labute approximate surface area is 166 Å². The lowest BCUT2D eigenvalue weighted by atomic mass is 10.0. The normalized spacial score (nSPS) is 10.4. The quantitative estimate of drug-likeness (QED) is 0.469. The summed E-state index contributed by atoms with van der Waals surface area (Å²) in [6.45, 7) is 2.05. The number of rotatable bonds is 3. The van der Waals surface area contributed by atoms with Crippen LogP contribution in [-0.4, -0.2) is 11.0 Å². The van der Waals surface area contributed by atoms with Crippen LogP contribution in [0, 0.1) is 18.3 Å². The van der Waals surface area contributed by atoms with Crippen LogP contribution in [0.15, 0.2) is 66.7 Å². The Morgan fingerprint density at radius 3 is 2.61 bits per heavy atom. The van der Waals surface area contributed by atoms with E-state index in [9.17, 15) is 4.79 Å². The van der Waals surface area contributed by atoms with E-state index in [1.807, 2.05) is 24.3 Å². The molecule has 0 bridgehead atoms. The number of benzene rings is 3. The largest absolute Gasteiger partial charge is 0.325 e. The van der Waals surface area contributed by atoms with Gasteiger partial charge in [0.05, 0.1) is 21.8 Å². The van der Waals surface area contributed by atoms with Gasteiger partial charge in [-0.25, -0.2) is 9.78 Å². The number of nitriles is 1. The average molecular weight is 384 g/mol. The summed E-state index contributed by atoms with van der Waals surface area (Å²) in [5.74, 6) is 0. The molecule has 0 radical (unpaired) electrons. The van der Waals surface area contributed by atoms with Crippen molar-refractivity contribution in [1.82, 2.24) is 4.98 Å². The number of hydrogen-bond acceptors (Lipinski definition) is 4. The van der Waals surface area contributed by atoms with Crippen LogP contribution in [0.5, 0.6) is 0 Å². The fourth-order valence-electron chi connectivity index (χ4n) is 2.83. The maximum Gasteiger partial charge on any atom is 0.325 e. The SMILES string of the molecule is Cc1ccc(-c2cccc(NC(=O)Nc3nc4ccc(C#N)cc4s3)c2)cc1. The van der Waals surface area contributed by atoms with Crippen LogP contribution in [0.3, 0.4) is 0 Å². The van der Waals surface area contributed by atoms with Crippen molar-refractivity contribution in [2.24, 2.45) is 0 Å². The molecule has 1 heterocycles. The first-order valence-corrected chi connectivity index (χ1v) is 9.48. The minimum absolute atomic E-state index is 0.361. The minimum atomic E-state index is -0.361. The highest BCUT2D eigenvalue weighted by atomic mass is 32.1. The fraction of sp³-hybridized carbons (Fsp3) is 0.0455. The van der Waals surface area contributed by atoms with Crippen molar-refractivity contribution in [1.29, 1.82) is 5.26 Å². The lowest BCUT2D eigenvalue weighted by molar-refractivity contribution is 0.262. The van der Waals surface area contributed by atoms with Gasteiger partial charge in [0.25, 0.3) is 0 Å². The molecule has 6 heteroatoms. The predicted molar refractivity (Wildman–Crippen MR) is 114 cm³/mol. The van der Waals surface area contributed by atoms with Gasteiger partial charge in [-0.3, -0.25) is 5.32 Å². The number of aryl methyl sites for hydroxylation is 1. The number of hydrogen-bond donors (Lipinski definition) is 2. The summed E-state index contributed by atoms with van der Waals surface area (Å²) in [4.78, 5) is 16.7. The number of thiazole rings is 1. The number of urea groups is 1. The number of carbonyl (C=O) groups excluding carboxylic acids is 1. The Bertz CT molecular complexity index is 1210. The summed E-state index contributed by atoms with van der Waals surface area (Å²) in [5.41, 5.74) is 5.34. The lowest BCUT2D eigenvalue weighted by Crippen LogP contribution is -2.19. The van der Waals surface area contributed by atoms with Gasteiger partial charge < -0.3 is 5.32 Å². The molecule has 2 amide bonds. The van der Waals surface area contributed by atoms with Gasteiger partial charge >= 0.3 is 6.03 Å². The first kappa shape index (κ1) is 17.7. The first-order valence-electron chi connectivity index (χ1n) is 8.66. The molecule has 1 aromatic heterocycles. The van der Waals surface area contributed by atoms with Crippen LogP contribution in [-0.2, 0) is 0 Å². The number of anilines is 2. The third-order valence-electron chi connectivity index (χ3n) is 4.24. The minimum Gasteiger partial charge on any atom is -0.308 e. The highest BCUT2D eigenvalue weighted by molar-refractivity contribution is 7.22. The predicted octanol–water partition coefficient (Wildman–Crippen LogP) is 5.79. The highest BCUT2D eigenvalue weighted by Gasteiger charge is 2.09. The van der Waals surface area contributed by atoms with Gasteiger partial charge in [-0.15, -0.1) is 0 Å². The van der Waals surface area contributed by atoms with Crippen molar-refractivity contribution in [3.8, 4) is 17.2 Å². The van der Waals surface area contributed by atoms with Gasteiger partial charge in [0, 0.05) is 5.69 Å². The molecule has 136 valence electrons. The average Bonchev–Trinajstić information content (AvgIpc) is 3.09. The lowest BCUT2D eigenvalue weighted by Gasteiger charge is -2.08. The number of carbonyl (C=O) groups is 1. The maximum atomic E-state index is 12.4. The second-order valence-corrected chi connectivity index (χ2v) is 7.37. The standard InChI is InChI=1S/C22H16N4OS/c1-14-5-8-16(9-6-14)17-3-2-4-18(12-17)24-21(27)26-22-25-19-10-7-15(13-23)11-20(19)28-22/h2-12H,1H3,(H2,24,25,26,27). The van der Waals surface area contributed by atoms with E-state index in [1.54, 1.807) is 18.2 Å². The van der Waals surface area contributed by atoms with E-state index in [2.05, 4.69) is 52.9 Å². The molecular weight excluding hydrogens is 368 g/mol. The maximum absolute atomic E-state index is 12.4. The Morgan fingerprint density at radius 1 is 1.00 bits per heavy atom. The van der Waals surface area contributed by atoms with Crippen molar-refractivity contribution < 1.29 is 4.79 Å².